The van der Waals surface area contributed by atoms with Crippen LogP contribution in [0.25, 0.3) is 11.3 Å². The van der Waals surface area contributed by atoms with Gasteiger partial charge in [0.25, 0.3) is 0 Å². The van der Waals surface area contributed by atoms with E-state index in [-0.39, 0.29) is 17.9 Å². The van der Waals surface area contributed by atoms with E-state index in [4.69, 9.17) is 10.2 Å². The molecule has 0 saturated heterocycles. The largest absolute Gasteiger partial charge is 0.460 e. The molecule has 2 aromatic rings. The van der Waals surface area contributed by atoms with Crippen molar-refractivity contribution in [1.29, 1.82) is 0 Å². The van der Waals surface area contributed by atoms with Gasteiger partial charge in [-0.2, -0.15) is 0 Å². The van der Waals surface area contributed by atoms with Crippen molar-refractivity contribution in [1.82, 2.24) is 0 Å². The Labute approximate surface area is 89.5 Å². The van der Waals surface area contributed by atoms with Gasteiger partial charge in [0.15, 0.2) is 11.6 Å². The molecule has 2 nitrogen and oxygen atoms in total. The lowest BCUT2D eigenvalue weighted by Crippen LogP contribution is -1.93. The first-order valence-electron chi connectivity index (χ1n) is 4.55. The van der Waals surface area contributed by atoms with Crippen molar-refractivity contribution in [2.75, 3.05) is 0 Å². The maximum absolute atomic E-state index is 13.3. The number of rotatable bonds is 2. The lowest BCUT2D eigenvalue weighted by Gasteiger charge is -2.00. The third-order valence-corrected chi connectivity index (χ3v) is 2.14. The summed E-state index contributed by atoms with van der Waals surface area (Å²) in [5.74, 6) is -2.67. The molecule has 2 N–H and O–H groups in total. The van der Waals surface area contributed by atoms with Crippen LogP contribution >= 0.6 is 0 Å². The fourth-order valence-electron chi connectivity index (χ4n) is 1.34. The molecule has 0 aliphatic heterocycles. The van der Waals surface area contributed by atoms with Crippen molar-refractivity contribution in [2.24, 2.45) is 5.73 Å². The third-order valence-electron chi connectivity index (χ3n) is 2.14. The predicted octanol–water partition coefficient (Wildman–Crippen LogP) is 2.82. The molecule has 2 rings (SSSR count). The van der Waals surface area contributed by atoms with E-state index < -0.39 is 17.5 Å². The third kappa shape index (κ3) is 1.81. The van der Waals surface area contributed by atoms with Crippen LogP contribution in [0.4, 0.5) is 13.2 Å². The van der Waals surface area contributed by atoms with Crippen LogP contribution in [0.3, 0.4) is 0 Å². The minimum atomic E-state index is -1.23. The van der Waals surface area contributed by atoms with Gasteiger partial charge in [0, 0.05) is 6.07 Å². The minimum absolute atomic E-state index is 0.122. The van der Waals surface area contributed by atoms with Crippen LogP contribution in [0.1, 0.15) is 5.76 Å². The molecule has 0 aliphatic rings. The molecule has 1 heterocycles. The van der Waals surface area contributed by atoms with Gasteiger partial charge in [0.2, 0.25) is 0 Å². The zero-order chi connectivity index (χ0) is 11.7. The average Bonchev–Trinajstić information content (AvgIpc) is 2.71. The van der Waals surface area contributed by atoms with Crippen LogP contribution in [0.5, 0.6) is 0 Å². The molecule has 0 bridgehead atoms. The van der Waals surface area contributed by atoms with Crippen LogP contribution in [0.15, 0.2) is 28.7 Å². The summed E-state index contributed by atoms with van der Waals surface area (Å²) in [6, 6.07) is 4.24. The molecule has 84 valence electrons. The quantitative estimate of drug-likeness (QED) is 0.801. The molecule has 0 unspecified atom stereocenters. The number of nitrogens with two attached hydrogens (primary N) is 1. The topological polar surface area (TPSA) is 39.2 Å². The average molecular weight is 227 g/mol. The van der Waals surface area contributed by atoms with Crippen molar-refractivity contribution in [3.05, 3.63) is 47.5 Å². The standard InChI is InChI=1S/C11H8F3NO/c12-8-4-10(14)9(13)3-7(8)11-2-1-6(5-15)16-11/h1-4H,5,15H2. The van der Waals surface area contributed by atoms with Crippen molar-refractivity contribution in [3.63, 3.8) is 0 Å². The Morgan fingerprint density at radius 2 is 1.69 bits per heavy atom. The van der Waals surface area contributed by atoms with Crippen LogP contribution in [-0.4, -0.2) is 0 Å². The van der Waals surface area contributed by atoms with E-state index in [9.17, 15) is 13.2 Å². The minimum Gasteiger partial charge on any atom is -0.460 e. The van der Waals surface area contributed by atoms with Gasteiger partial charge in [-0.1, -0.05) is 0 Å². The lowest BCUT2D eigenvalue weighted by molar-refractivity contribution is 0.489. The molecule has 0 spiro atoms. The number of hydrogen-bond acceptors (Lipinski definition) is 2. The Bertz CT molecular complexity index is 522. The second kappa shape index (κ2) is 4.02. The summed E-state index contributed by atoms with van der Waals surface area (Å²) in [6.07, 6.45) is 0. The van der Waals surface area contributed by atoms with Gasteiger partial charge >= 0.3 is 0 Å². The smallest absolute Gasteiger partial charge is 0.161 e. The van der Waals surface area contributed by atoms with E-state index in [2.05, 4.69) is 0 Å². The van der Waals surface area contributed by atoms with Crippen LogP contribution in [-0.2, 0) is 6.54 Å². The monoisotopic (exact) mass is 227 g/mol. The highest BCUT2D eigenvalue weighted by atomic mass is 19.2. The summed E-state index contributed by atoms with van der Waals surface area (Å²) < 4.78 is 44.1. The normalized spacial score (nSPS) is 10.8. The first kappa shape index (κ1) is 10.8. The summed E-state index contributed by atoms with van der Waals surface area (Å²) in [7, 11) is 0. The molecule has 0 saturated carbocycles. The summed E-state index contributed by atoms with van der Waals surface area (Å²) in [6.45, 7) is 0.158. The Morgan fingerprint density at radius 1 is 1.00 bits per heavy atom. The first-order chi connectivity index (χ1) is 7.61. The maximum atomic E-state index is 13.3. The summed E-state index contributed by atoms with van der Waals surface area (Å²) in [5, 5.41) is 0. The molecule has 0 atom stereocenters. The zero-order valence-electron chi connectivity index (χ0n) is 8.14. The van der Waals surface area contributed by atoms with Crippen molar-refractivity contribution in [2.45, 2.75) is 6.54 Å². The number of benzene rings is 1. The van der Waals surface area contributed by atoms with Crippen molar-refractivity contribution < 1.29 is 17.6 Å². The Kier molecular flexibility index (Phi) is 2.70. The molecule has 0 radical (unpaired) electrons. The highest BCUT2D eigenvalue weighted by Gasteiger charge is 2.14. The Hall–Kier alpha value is -1.75. The van der Waals surface area contributed by atoms with Crippen molar-refractivity contribution >= 4 is 0 Å². The highest BCUT2D eigenvalue weighted by Crippen LogP contribution is 2.26. The van der Waals surface area contributed by atoms with Gasteiger partial charge in [-0.3, -0.25) is 0 Å². The molecular weight excluding hydrogens is 219 g/mol. The summed E-state index contributed by atoms with van der Waals surface area (Å²) >= 11 is 0. The van der Waals surface area contributed by atoms with Crippen LogP contribution < -0.4 is 5.73 Å². The van der Waals surface area contributed by atoms with Gasteiger partial charge in [-0.05, 0) is 18.2 Å². The SMILES string of the molecule is NCc1ccc(-c2cc(F)c(F)cc2F)o1. The van der Waals surface area contributed by atoms with E-state index in [0.717, 1.165) is 6.07 Å². The second-order valence-corrected chi connectivity index (χ2v) is 3.22. The molecule has 0 amide bonds. The van der Waals surface area contributed by atoms with Crippen molar-refractivity contribution in [3.8, 4) is 11.3 Å². The van der Waals surface area contributed by atoms with E-state index in [1.54, 1.807) is 6.07 Å². The van der Waals surface area contributed by atoms with Gasteiger partial charge in [0.1, 0.15) is 17.3 Å². The van der Waals surface area contributed by atoms with Gasteiger partial charge in [-0.25, -0.2) is 13.2 Å². The summed E-state index contributed by atoms with van der Waals surface area (Å²) in [5.41, 5.74) is 5.19. The fourth-order valence-corrected chi connectivity index (χ4v) is 1.34. The van der Waals surface area contributed by atoms with E-state index in [1.165, 1.54) is 6.07 Å². The molecule has 16 heavy (non-hydrogen) atoms. The number of hydrogen-bond donors (Lipinski definition) is 1. The summed E-state index contributed by atoms with van der Waals surface area (Å²) in [4.78, 5) is 0. The zero-order valence-corrected chi connectivity index (χ0v) is 8.14. The van der Waals surface area contributed by atoms with Gasteiger partial charge in [-0.15, -0.1) is 0 Å². The number of halogens is 3. The first-order valence-corrected chi connectivity index (χ1v) is 4.55. The lowest BCUT2D eigenvalue weighted by atomic mass is 10.1. The molecular formula is C11H8F3NO. The van der Waals surface area contributed by atoms with Crippen LogP contribution in [0.2, 0.25) is 0 Å². The van der Waals surface area contributed by atoms with Crippen LogP contribution in [0, 0.1) is 17.5 Å². The second-order valence-electron chi connectivity index (χ2n) is 3.22. The fraction of sp³-hybridized carbons (Fsp3) is 0.0909. The van der Waals surface area contributed by atoms with Gasteiger partial charge < -0.3 is 10.2 Å². The maximum Gasteiger partial charge on any atom is 0.161 e. The molecule has 1 aromatic heterocycles. The Morgan fingerprint density at radius 3 is 2.31 bits per heavy atom. The van der Waals surface area contributed by atoms with E-state index >= 15 is 0 Å². The highest BCUT2D eigenvalue weighted by molar-refractivity contribution is 5.58. The molecule has 0 fully saturated rings. The Balaban J connectivity index is 2.51. The van der Waals surface area contributed by atoms with E-state index in [0.29, 0.717) is 11.8 Å². The van der Waals surface area contributed by atoms with E-state index in [1.807, 2.05) is 0 Å². The van der Waals surface area contributed by atoms with Gasteiger partial charge in [0.05, 0.1) is 12.1 Å². The molecule has 1 aromatic carbocycles. The molecule has 0 aliphatic carbocycles. The molecule has 5 heteroatoms. The predicted molar refractivity (Wildman–Crippen MR) is 51.9 cm³/mol. The number of furan rings is 1.